The summed E-state index contributed by atoms with van der Waals surface area (Å²) in [6.07, 6.45) is 1.43. The van der Waals surface area contributed by atoms with Gasteiger partial charge in [0.05, 0.1) is 36.7 Å². The van der Waals surface area contributed by atoms with Gasteiger partial charge in [0, 0.05) is 6.61 Å². The first-order chi connectivity index (χ1) is 8.72. The summed E-state index contributed by atoms with van der Waals surface area (Å²) < 4.78 is 10.8. The third-order valence-corrected chi connectivity index (χ3v) is 2.88. The van der Waals surface area contributed by atoms with Crippen molar-refractivity contribution in [3.63, 3.8) is 0 Å². The van der Waals surface area contributed by atoms with Gasteiger partial charge in [-0.3, -0.25) is 4.79 Å². The van der Waals surface area contributed by atoms with Gasteiger partial charge in [-0.1, -0.05) is 0 Å². The molecule has 0 bridgehead atoms. The van der Waals surface area contributed by atoms with Crippen molar-refractivity contribution in [2.24, 2.45) is 0 Å². The van der Waals surface area contributed by atoms with Gasteiger partial charge in [-0.2, -0.15) is 10.2 Å². The molecule has 1 N–H and O–H groups in total. The molecule has 1 amide bonds. The molecule has 1 aromatic heterocycles. The van der Waals surface area contributed by atoms with Crippen LogP contribution in [0, 0.1) is 6.92 Å². The standard InChI is InChI=1S/C12H17N3O3/c1-3-18-11-7-17-6-10(11)14-12(16)9-4-5-13-15-8(9)2/h4-5,10-11H,3,6-7H2,1-2H3,(H,14,16)/t10-,11-/m1/s1. The summed E-state index contributed by atoms with van der Waals surface area (Å²) in [7, 11) is 0. The Morgan fingerprint density at radius 2 is 2.44 bits per heavy atom. The zero-order valence-corrected chi connectivity index (χ0v) is 10.5. The van der Waals surface area contributed by atoms with E-state index in [0.29, 0.717) is 31.1 Å². The molecule has 0 unspecified atom stereocenters. The monoisotopic (exact) mass is 251 g/mol. The lowest BCUT2D eigenvalue weighted by Crippen LogP contribution is -2.44. The van der Waals surface area contributed by atoms with Gasteiger partial charge in [0.15, 0.2) is 0 Å². The minimum absolute atomic E-state index is 0.0750. The first kappa shape index (κ1) is 12.9. The molecular weight excluding hydrogens is 234 g/mol. The molecule has 0 aromatic carbocycles. The predicted octanol–water partition coefficient (Wildman–Crippen LogP) is 0.319. The number of amides is 1. The normalized spacial score (nSPS) is 23.0. The highest BCUT2D eigenvalue weighted by Gasteiger charge is 2.30. The van der Waals surface area contributed by atoms with Crippen molar-refractivity contribution in [2.75, 3.05) is 19.8 Å². The predicted molar refractivity (Wildman–Crippen MR) is 64.3 cm³/mol. The molecule has 2 rings (SSSR count). The largest absolute Gasteiger partial charge is 0.376 e. The van der Waals surface area contributed by atoms with Crippen molar-refractivity contribution in [2.45, 2.75) is 26.0 Å². The maximum Gasteiger partial charge on any atom is 0.253 e. The van der Waals surface area contributed by atoms with Crippen LogP contribution < -0.4 is 5.32 Å². The number of carbonyl (C=O) groups is 1. The van der Waals surface area contributed by atoms with Crippen LogP contribution in [0.15, 0.2) is 12.3 Å². The molecule has 1 saturated heterocycles. The number of carbonyl (C=O) groups excluding carboxylic acids is 1. The number of nitrogens with zero attached hydrogens (tertiary/aromatic N) is 2. The summed E-state index contributed by atoms with van der Waals surface area (Å²) in [6, 6.07) is 1.55. The lowest BCUT2D eigenvalue weighted by Gasteiger charge is -2.19. The molecule has 0 spiro atoms. The van der Waals surface area contributed by atoms with Crippen LogP contribution in [0.1, 0.15) is 23.0 Å². The van der Waals surface area contributed by atoms with Gasteiger partial charge in [-0.15, -0.1) is 0 Å². The van der Waals surface area contributed by atoms with E-state index in [1.54, 1.807) is 13.0 Å². The molecule has 18 heavy (non-hydrogen) atoms. The van der Waals surface area contributed by atoms with Crippen LogP contribution in [0.5, 0.6) is 0 Å². The zero-order valence-electron chi connectivity index (χ0n) is 10.5. The van der Waals surface area contributed by atoms with Gasteiger partial charge >= 0.3 is 0 Å². The molecule has 6 heteroatoms. The van der Waals surface area contributed by atoms with Gasteiger partial charge in [-0.05, 0) is 19.9 Å². The van der Waals surface area contributed by atoms with E-state index in [0.717, 1.165) is 0 Å². The number of nitrogens with one attached hydrogen (secondary N) is 1. The van der Waals surface area contributed by atoms with Crippen LogP contribution >= 0.6 is 0 Å². The van der Waals surface area contributed by atoms with E-state index in [9.17, 15) is 4.79 Å². The van der Waals surface area contributed by atoms with Crippen molar-refractivity contribution in [1.82, 2.24) is 15.5 Å². The van der Waals surface area contributed by atoms with Crippen LogP contribution in [0.2, 0.25) is 0 Å². The third kappa shape index (κ3) is 2.83. The number of hydrogen-bond donors (Lipinski definition) is 1. The van der Waals surface area contributed by atoms with E-state index in [1.165, 1.54) is 6.20 Å². The van der Waals surface area contributed by atoms with Crippen molar-refractivity contribution in [3.8, 4) is 0 Å². The molecule has 0 aliphatic carbocycles. The minimum atomic E-state index is -0.164. The quantitative estimate of drug-likeness (QED) is 0.834. The van der Waals surface area contributed by atoms with E-state index in [-0.39, 0.29) is 18.1 Å². The van der Waals surface area contributed by atoms with Crippen molar-refractivity contribution in [3.05, 3.63) is 23.5 Å². The molecule has 0 radical (unpaired) electrons. The first-order valence-corrected chi connectivity index (χ1v) is 6.01. The summed E-state index contributed by atoms with van der Waals surface area (Å²) in [5.74, 6) is -0.164. The molecule has 2 atom stereocenters. The van der Waals surface area contributed by atoms with E-state index in [4.69, 9.17) is 9.47 Å². The minimum Gasteiger partial charge on any atom is -0.376 e. The van der Waals surface area contributed by atoms with Crippen LogP contribution in [-0.2, 0) is 9.47 Å². The number of ether oxygens (including phenoxy) is 2. The molecule has 1 aliphatic rings. The Labute approximate surface area is 106 Å². The molecule has 2 heterocycles. The Morgan fingerprint density at radius 3 is 3.17 bits per heavy atom. The zero-order chi connectivity index (χ0) is 13.0. The first-order valence-electron chi connectivity index (χ1n) is 6.01. The van der Waals surface area contributed by atoms with E-state index in [1.807, 2.05) is 6.92 Å². The van der Waals surface area contributed by atoms with Crippen LogP contribution in [0.3, 0.4) is 0 Å². The Bertz CT molecular complexity index is 425. The molecular formula is C12H17N3O3. The Morgan fingerprint density at radius 1 is 1.61 bits per heavy atom. The maximum absolute atomic E-state index is 12.1. The van der Waals surface area contributed by atoms with E-state index >= 15 is 0 Å². The van der Waals surface area contributed by atoms with Crippen molar-refractivity contribution in [1.29, 1.82) is 0 Å². The second kappa shape index (κ2) is 5.88. The molecule has 1 aromatic rings. The number of rotatable bonds is 4. The van der Waals surface area contributed by atoms with E-state index < -0.39 is 0 Å². The summed E-state index contributed by atoms with van der Waals surface area (Å²) in [5, 5.41) is 10.5. The van der Waals surface area contributed by atoms with Gasteiger partial charge in [0.1, 0.15) is 6.10 Å². The van der Waals surface area contributed by atoms with Crippen LogP contribution in [-0.4, -0.2) is 48.1 Å². The summed E-state index contributed by atoms with van der Waals surface area (Å²) in [6.45, 7) is 5.29. The fourth-order valence-electron chi connectivity index (χ4n) is 1.94. The van der Waals surface area contributed by atoms with Crippen molar-refractivity contribution < 1.29 is 14.3 Å². The Hall–Kier alpha value is -1.53. The Kier molecular flexibility index (Phi) is 4.22. The highest BCUT2D eigenvalue weighted by atomic mass is 16.5. The molecule has 1 aliphatic heterocycles. The smallest absolute Gasteiger partial charge is 0.253 e. The average Bonchev–Trinajstić information content (AvgIpc) is 2.78. The third-order valence-electron chi connectivity index (χ3n) is 2.88. The molecule has 98 valence electrons. The maximum atomic E-state index is 12.1. The second-order valence-corrected chi connectivity index (χ2v) is 4.14. The summed E-state index contributed by atoms with van der Waals surface area (Å²) >= 11 is 0. The summed E-state index contributed by atoms with van der Waals surface area (Å²) in [4.78, 5) is 12.1. The van der Waals surface area contributed by atoms with Crippen molar-refractivity contribution >= 4 is 5.91 Å². The number of aromatic nitrogens is 2. The fraction of sp³-hybridized carbons (Fsp3) is 0.583. The van der Waals surface area contributed by atoms with Crippen LogP contribution in [0.4, 0.5) is 0 Å². The molecule has 6 nitrogen and oxygen atoms in total. The second-order valence-electron chi connectivity index (χ2n) is 4.14. The van der Waals surface area contributed by atoms with Crippen LogP contribution in [0.25, 0.3) is 0 Å². The molecule has 1 fully saturated rings. The lowest BCUT2D eigenvalue weighted by atomic mass is 10.1. The van der Waals surface area contributed by atoms with Gasteiger partial charge in [0.2, 0.25) is 0 Å². The average molecular weight is 251 g/mol. The highest BCUT2D eigenvalue weighted by molar-refractivity contribution is 5.95. The summed E-state index contributed by atoms with van der Waals surface area (Å²) in [5.41, 5.74) is 1.15. The Balaban J connectivity index is 2.01. The van der Waals surface area contributed by atoms with Gasteiger partial charge < -0.3 is 14.8 Å². The van der Waals surface area contributed by atoms with E-state index in [2.05, 4.69) is 15.5 Å². The number of aryl methyl sites for hydroxylation is 1. The highest BCUT2D eigenvalue weighted by Crippen LogP contribution is 2.11. The number of hydrogen-bond acceptors (Lipinski definition) is 5. The lowest BCUT2D eigenvalue weighted by molar-refractivity contribution is 0.0402. The fourth-order valence-corrected chi connectivity index (χ4v) is 1.94. The topological polar surface area (TPSA) is 73.3 Å². The van der Waals surface area contributed by atoms with Gasteiger partial charge in [0.25, 0.3) is 5.91 Å². The van der Waals surface area contributed by atoms with Gasteiger partial charge in [-0.25, -0.2) is 0 Å². The molecule has 0 saturated carbocycles. The SMILES string of the molecule is CCO[C@@H]1COC[C@H]1NC(=O)c1ccnnc1C.